The van der Waals surface area contributed by atoms with Crippen LogP contribution in [0.5, 0.6) is 0 Å². The number of benzene rings is 1. The van der Waals surface area contributed by atoms with Gasteiger partial charge in [0, 0.05) is 11.6 Å². The molecule has 5 nitrogen and oxygen atoms in total. The molecule has 0 heterocycles. The molecule has 0 aliphatic heterocycles. The minimum Gasteiger partial charge on any atom is -0.481 e. The Balaban J connectivity index is 1.92. The molecule has 0 radical (unpaired) electrons. The standard InChI is InChI=1S/C15H18ClFN2O3/c1-8-12(17)7-6-11(16)13(8)19-15(22)18-10-4-2-9(3-5-10)14(20)21/h6-7,9-10H,2-5H2,1H3,(H,20,21)(H2,18,19,22). The summed E-state index contributed by atoms with van der Waals surface area (Å²) >= 11 is 5.97. The van der Waals surface area contributed by atoms with E-state index in [2.05, 4.69) is 10.6 Å². The lowest BCUT2D eigenvalue weighted by atomic mass is 9.86. The van der Waals surface area contributed by atoms with E-state index >= 15 is 0 Å². The second kappa shape index (κ2) is 6.96. The SMILES string of the molecule is Cc1c(F)ccc(Cl)c1NC(=O)NC1CCC(C(=O)O)CC1. The highest BCUT2D eigenvalue weighted by molar-refractivity contribution is 6.33. The molecule has 0 saturated heterocycles. The summed E-state index contributed by atoms with van der Waals surface area (Å²) in [5.41, 5.74) is 0.524. The van der Waals surface area contributed by atoms with Crippen LogP contribution in [0.25, 0.3) is 0 Å². The molecule has 120 valence electrons. The van der Waals surface area contributed by atoms with Gasteiger partial charge in [-0.2, -0.15) is 0 Å². The fourth-order valence-electron chi connectivity index (χ4n) is 2.63. The molecule has 22 heavy (non-hydrogen) atoms. The largest absolute Gasteiger partial charge is 0.481 e. The average Bonchev–Trinajstić information content (AvgIpc) is 2.48. The number of carboxylic acid groups (broad SMARTS) is 1. The molecule has 2 rings (SSSR count). The summed E-state index contributed by atoms with van der Waals surface area (Å²) < 4.78 is 13.5. The number of amides is 2. The monoisotopic (exact) mass is 328 g/mol. The maximum atomic E-state index is 13.5. The number of nitrogens with one attached hydrogen (secondary N) is 2. The molecule has 1 saturated carbocycles. The third-order valence-electron chi connectivity index (χ3n) is 4.00. The fourth-order valence-corrected chi connectivity index (χ4v) is 2.88. The second-order valence-electron chi connectivity index (χ2n) is 5.51. The van der Waals surface area contributed by atoms with E-state index in [0.717, 1.165) is 0 Å². The zero-order chi connectivity index (χ0) is 16.3. The topological polar surface area (TPSA) is 78.4 Å². The van der Waals surface area contributed by atoms with E-state index in [4.69, 9.17) is 16.7 Å². The predicted molar refractivity (Wildman–Crippen MR) is 81.7 cm³/mol. The highest BCUT2D eigenvalue weighted by Gasteiger charge is 2.26. The van der Waals surface area contributed by atoms with Gasteiger partial charge < -0.3 is 15.7 Å². The van der Waals surface area contributed by atoms with Crippen LogP contribution in [0.2, 0.25) is 5.02 Å². The van der Waals surface area contributed by atoms with Crippen LogP contribution in [0.4, 0.5) is 14.9 Å². The maximum absolute atomic E-state index is 13.5. The van der Waals surface area contributed by atoms with E-state index in [1.54, 1.807) is 0 Å². The summed E-state index contributed by atoms with van der Waals surface area (Å²) in [7, 11) is 0. The van der Waals surface area contributed by atoms with Gasteiger partial charge in [-0.05, 0) is 44.7 Å². The van der Waals surface area contributed by atoms with Gasteiger partial charge in [0.05, 0.1) is 16.6 Å². The summed E-state index contributed by atoms with van der Waals surface area (Å²) in [5, 5.41) is 14.5. The smallest absolute Gasteiger partial charge is 0.319 e. The molecule has 0 unspecified atom stereocenters. The van der Waals surface area contributed by atoms with Crippen LogP contribution in [-0.2, 0) is 4.79 Å². The van der Waals surface area contributed by atoms with E-state index in [9.17, 15) is 14.0 Å². The Bertz CT molecular complexity index is 586. The number of hydrogen-bond donors (Lipinski definition) is 3. The summed E-state index contributed by atoms with van der Waals surface area (Å²) in [6.45, 7) is 1.54. The second-order valence-corrected chi connectivity index (χ2v) is 5.92. The van der Waals surface area contributed by atoms with Crippen LogP contribution in [0, 0.1) is 18.7 Å². The lowest BCUT2D eigenvalue weighted by Crippen LogP contribution is -2.41. The zero-order valence-electron chi connectivity index (χ0n) is 12.2. The Hall–Kier alpha value is -1.82. The zero-order valence-corrected chi connectivity index (χ0v) is 12.9. The Kier molecular flexibility index (Phi) is 5.24. The number of rotatable bonds is 3. The first kappa shape index (κ1) is 16.5. The Morgan fingerprint density at radius 2 is 1.91 bits per heavy atom. The molecular weight excluding hydrogens is 311 g/mol. The van der Waals surface area contributed by atoms with E-state index in [1.807, 2.05) is 0 Å². The van der Waals surface area contributed by atoms with E-state index in [0.29, 0.717) is 25.7 Å². The van der Waals surface area contributed by atoms with Gasteiger partial charge in [0.1, 0.15) is 5.82 Å². The van der Waals surface area contributed by atoms with Crippen molar-refractivity contribution in [3.63, 3.8) is 0 Å². The lowest BCUT2D eigenvalue weighted by molar-refractivity contribution is -0.142. The van der Waals surface area contributed by atoms with E-state index in [1.165, 1.54) is 19.1 Å². The molecule has 1 aromatic rings. The van der Waals surface area contributed by atoms with Crippen molar-refractivity contribution in [3.8, 4) is 0 Å². The lowest BCUT2D eigenvalue weighted by Gasteiger charge is -2.27. The Labute approximate surface area is 132 Å². The number of urea groups is 1. The number of hydrogen-bond acceptors (Lipinski definition) is 2. The number of aliphatic carboxylic acids is 1. The first-order chi connectivity index (χ1) is 10.4. The van der Waals surface area contributed by atoms with Crippen molar-refractivity contribution in [1.82, 2.24) is 5.32 Å². The van der Waals surface area contributed by atoms with Crippen LogP contribution in [0.15, 0.2) is 12.1 Å². The number of carbonyl (C=O) groups is 2. The quantitative estimate of drug-likeness (QED) is 0.794. The molecule has 1 aromatic carbocycles. The van der Waals surface area contributed by atoms with Crippen LogP contribution in [0.3, 0.4) is 0 Å². The summed E-state index contributed by atoms with van der Waals surface area (Å²) in [6, 6.07) is 2.09. The number of anilines is 1. The first-order valence-electron chi connectivity index (χ1n) is 7.13. The predicted octanol–water partition coefficient (Wildman–Crippen LogP) is 3.55. The summed E-state index contributed by atoms with van der Waals surface area (Å²) in [6.07, 6.45) is 2.31. The van der Waals surface area contributed by atoms with Crippen LogP contribution in [0.1, 0.15) is 31.2 Å². The molecule has 0 spiro atoms. The molecule has 3 N–H and O–H groups in total. The molecule has 1 fully saturated rings. The van der Waals surface area contributed by atoms with Gasteiger partial charge in [0.2, 0.25) is 0 Å². The van der Waals surface area contributed by atoms with Crippen molar-refractivity contribution in [2.75, 3.05) is 5.32 Å². The van der Waals surface area contributed by atoms with Crippen LogP contribution >= 0.6 is 11.6 Å². The molecule has 1 aliphatic carbocycles. The summed E-state index contributed by atoms with van der Waals surface area (Å²) in [4.78, 5) is 22.9. The van der Waals surface area contributed by atoms with Crippen molar-refractivity contribution in [3.05, 3.63) is 28.5 Å². The third-order valence-corrected chi connectivity index (χ3v) is 4.31. The molecule has 1 aliphatic rings. The van der Waals surface area contributed by atoms with Crippen molar-refractivity contribution >= 4 is 29.3 Å². The molecule has 7 heteroatoms. The third kappa shape index (κ3) is 3.88. The van der Waals surface area contributed by atoms with Crippen molar-refractivity contribution in [1.29, 1.82) is 0 Å². The van der Waals surface area contributed by atoms with Gasteiger partial charge in [-0.1, -0.05) is 11.6 Å². The molecule has 0 aromatic heterocycles. The number of carbonyl (C=O) groups excluding carboxylic acids is 1. The molecule has 0 atom stereocenters. The highest BCUT2D eigenvalue weighted by Crippen LogP contribution is 2.28. The molecule has 2 amide bonds. The highest BCUT2D eigenvalue weighted by atomic mass is 35.5. The van der Waals surface area contributed by atoms with Crippen molar-refractivity contribution < 1.29 is 19.1 Å². The van der Waals surface area contributed by atoms with Crippen LogP contribution < -0.4 is 10.6 Å². The fraction of sp³-hybridized carbons (Fsp3) is 0.467. The van der Waals surface area contributed by atoms with Gasteiger partial charge >= 0.3 is 12.0 Å². The Morgan fingerprint density at radius 1 is 1.27 bits per heavy atom. The van der Waals surface area contributed by atoms with Crippen molar-refractivity contribution in [2.45, 2.75) is 38.6 Å². The van der Waals surface area contributed by atoms with Crippen LogP contribution in [-0.4, -0.2) is 23.1 Å². The van der Waals surface area contributed by atoms with Gasteiger partial charge in [-0.3, -0.25) is 4.79 Å². The van der Waals surface area contributed by atoms with E-state index in [-0.39, 0.29) is 28.2 Å². The van der Waals surface area contributed by atoms with Crippen molar-refractivity contribution in [2.24, 2.45) is 5.92 Å². The molecule has 0 bridgehead atoms. The normalized spacial score (nSPS) is 21.2. The maximum Gasteiger partial charge on any atom is 0.319 e. The van der Waals surface area contributed by atoms with Gasteiger partial charge in [-0.15, -0.1) is 0 Å². The average molecular weight is 329 g/mol. The Morgan fingerprint density at radius 3 is 2.50 bits per heavy atom. The summed E-state index contributed by atoms with van der Waals surface area (Å²) in [5.74, 6) is -1.56. The minimum atomic E-state index is -0.787. The minimum absolute atomic E-state index is 0.0803. The van der Waals surface area contributed by atoms with Gasteiger partial charge in [0.25, 0.3) is 0 Å². The van der Waals surface area contributed by atoms with E-state index < -0.39 is 17.8 Å². The number of halogens is 2. The molecular formula is C15H18ClFN2O3. The van der Waals surface area contributed by atoms with Gasteiger partial charge in [-0.25, -0.2) is 9.18 Å². The van der Waals surface area contributed by atoms with Gasteiger partial charge in [0.15, 0.2) is 0 Å². The first-order valence-corrected chi connectivity index (χ1v) is 7.51. The number of carboxylic acids is 1.